The second-order valence-electron chi connectivity index (χ2n) is 3.84. The summed E-state index contributed by atoms with van der Waals surface area (Å²) in [4.78, 5) is 6.26. The molecule has 6 nitrogen and oxygen atoms in total. The third kappa shape index (κ3) is 2.12. The molecule has 0 spiro atoms. The van der Waals surface area contributed by atoms with Gasteiger partial charge in [-0.15, -0.1) is 5.10 Å². The van der Waals surface area contributed by atoms with E-state index in [0.717, 1.165) is 26.2 Å². The van der Waals surface area contributed by atoms with Crippen molar-refractivity contribution in [3.63, 3.8) is 0 Å². The Morgan fingerprint density at radius 1 is 1.18 bits per heavy atom. The molecule has 3 heterocycles. The summed E-state index contributed by atoms with van der Waals surface area (Å²) in [5.74, 6) is 0.471. The zero-order valence-corrected chi connectivity index (χ0v) is 9.33. The first-order valence-corrected chi connectivity index (χ1v) is 5.64. The fraction of sp³-hybridized carbons (Fsp3) is 0.364. The van der Waals surface area contributed by atoms with Gasteiger partial charge in [0.15, 0.2) is 0 Å². The Hall–Kier alpha value is -1.95. The lowest BCUT2D eigenvalue weighted by atomic mass is 10.3. The summed E-state index contributed by atoms with van der Waals surface area (Å²) < 4.78 is 5.62. The minimum absolute atomic E-state index is 0.471. The number of nitrogens with one attached hydrogen (secondary N) is 1. The first-order valence-electron chi connectivity index (χ1n) is 5.64. The lowest BCUT2D eigenvalue weighted by Crippen LogP contribution is -2.43. The molecule has 3 rings (SSSR count). The summed E-state index contributed by atoms with van der Waals surface area (Å²) in [5.41, 5.74) is 0.710. The number of hydrogen-bond donors (Lipinski definition) is 1. The van der Waals surface area contributed by atoms with E-state index >= 15 is 0 Å². The van der Waals surface area contributed by atoms with E-state index in [9.17, 15) is 0 Å². The van der Waals surface area contributed by atoms with Crippen LogP contribution in [0.5, 0.6) is 0 Å². The molecule has 2 aromatic heterocycles. The Bertz CT molecular complexity index is 478. The third-order valence-corrected chi connectivity index (χ3v) is 2.69. The summed E-state index contributed by atoms with van der Waals surface area (Å²) in [6, 6.07) is 6.19. The van der Waals surface area contributed by atoms with Crippen LogP contribution in [-0.2, 0) is 0 Å². The zero-order chi connectivity index (χ0) is 11.5. The zero-order valence-electron chi connectivity index (χ0n) is 9.33. The number of nitrogens with zero attached hydrogens (tertiary/aromatic N) is 4. The Balaban J connectivity index is 1.83. The number of pyridine rings is 1. The molecule has 0 atom stereocenters. The van der Waals surface area contributed by atoms with Crippen LogP contribution in [0.3, 0.4) is 0 Å². The molecule has 1 aliphatic heterocycles. The van der Waals surface area contributed by atoms with Crippen molar-refractivity contribution in [3.05, 3.63) is 24.4 Å². The molecule has 88 valence electrons. The maximum atomic E-state index is 5.62. The lowest BCUT2D eigenvalue weighted by Gasteiger charge is -2.24. The second kappa shape index (κ2) is 4.50. The quantitative estimate of drug-likeness (QED) is 0.813. The van der Waals surface area contributed by atoms with Crippen LogP contribution < -0.4 is 10.2 Å². The Labute approximate surface area is 98.7 Å². The molecule has 0 amide bonds. The van der Waals surface area contributed by atoms with Crippen LogP contribution in [0.25, 0.3) is 11.6 Å². The van der Waals surface area contributed by atoms with Gasteiger partial charge in [0.2, 0.25) is 0 Å². The Kier molecular flexibility index (Phi) is 2.71. The summed E-state index contributed by atoms with van der Waals surface area (Å²) >= 11 is 0. The van der Waals surface area contributed by atoms with Crippen LogP contribution in [0.4, 0.5) is 6.01 Å². The van der Waals surface area contributed by atoms with E-state index in [1.807, 2.05) is 18.2 Å². The highest BCUT2D eigenvalue weighted by atomic mass is 16.4. The molecular formula is C11H13N5O. The summed E-state index contributed by atoms with van der Waals surface area (Å²) in [5, 5.41) is 11.4. The average Bonchev–Trinajstić information content (AvgIpc) is 2.90. The smallest absolute Gasteiger partial charge is 0.318 e. The maximum Gasteiger partial charge on any atom is 0.318 e. The normalized spacial score (nSPS) is 16.1. The van der Waals surface area contributed by atoms with E-state index in [1.54, 1.807) is 6.20 Å². The van der Waals surface area contributed by atoms with Crippen molar-refractivity contribution in [2.24, 2.45) is 0 Å². The molecule has 0 saturated carbocycles. The Morgan fingerprint density at radius 2 is 2.06 bits per heavy atom. The van der Waals surface area contributed by atoms with E-state index < -0.39 is 0 Å². The number of rotatable bonds is 2. The van der Waals surface area contributed by atoms with Crippen LogP contribution in [0, 0.1) is 0 Å². The van der Waals surface area contributed by atoms with Gasteiger partial charge in [-0.3, -0.25) is 4.98 Å². The van der Waals surface area contributed by atoms with Crippen LogP contribution in [0.2, 0.25) is 0 Å². The number of aromatic nitrogens is 3. The highest BCUT2D eigenvalue weighted by molar-refractivity contribution is 5.47. The van der Waals surface area contributed by atoms with Gasteiger partial charge in [-0.05, 0) is 12.1 Å². The number of anilines is 1. The minimum atomic E-state index is 0.471. The van der Waals surface area contributed by atoms with Gasteiger partial charge in [0.25, 0.3) is 5.89 Å². The summed E-state index contributed by atoms with van der Waals surface area (Å²) in [6.45, 7) is 3.68. The molecular weight excluding hydrogens is 218 g/mol. The monoisotopic (exact) mass is 231 g/mol. The molecule has 0 bridgehead atoms. The molecule has 1 fully saturated rings. The molecule has 0 aromatic carbocycles. The fourth-order valence-electron chi connectivity index (χ4n) is 1.79. The van der Waals surface area contributed by atoms with Crippen molar-refractivity contribution in [1.29, 1.82) is 0 Å². The van der Waals surface area contributed by atoms with Crippen LogP contribution in [-0.4, -0.2) is 41.4 Å². The standard InChI is InChI=1S/C11H13N5O/c1-2-4-13-9(3-1)10-14-15-11(17-10)16-7-5-12-6-8-16/h1-4,12H,5-8H2. The molecule has 1 N–H and O–H groups in total. The predicted octanol–water partition coefficient (Wildman–Crippen LogP) is 0.541. The SMILES string of the molecule is c1ccc(-c2nnc(N3CCNCC3)o2)nc1. The highest BCUT2D eigenvalue weighted by Gasteiger charge is 2.17. The largest absolute Gasteiger partial charge is 0.402 e. The van der Waals surface area contributed by atoms with Crippen molar-refractivity contribution < 1.29 is 4.42 Å². The van der Waals surface area contributed by atoms with Gasteiger partial charge in [0, 0.05) is 32.4 Å². The van der Waals surface area contributed by atoms with Gasteiger partial charge < -0.3 is 14.6 Å². The van der Waals surface area contributed by atoms with Gasteiger partial charge in [-0.25, -0.2) is 0 Å². The molecule has 0 unspecified atom stereocenters. The molecule has 2 aromatic rings. The van der Waals surface area contributed by atoms with Crippen molar-refractivity contribution in [2.45, 2.75) is 0 Å². The molecule has 6 heteroatoms. The first kappa shape index (κ1) is 10.2. The second-order valence-corrected chi connectivity index (χ2v) is 3.84. The Morgan fingerprint density at radius 3 is 2.82 bits per heavy atom. The summed E-state index contributed by atoms with van der Waals surface area (Å²) in [7, 11) is 0. The molecule has 0 aliphatic carbocycles. The number of hydrogen-bond acceptors (Lipinski definition) is 6. The first-order chi connectivity index (χ1) is 8.43. The van der Waals surface area contributed by atoms with Gasteiger partial charge in [-0.2, -0.15) is 0 Å². The average molecular weight is 231 g/mol. The van der Waals surface area contributed by atoms with E-state index in [2.05, 4.69) is 25.4 Å². The van der Waals surface area contributed by atoms with Gasteiger partial charge in [-0.1, -0.05) is 11.2 Å². The van der Waals surface area contributed by atoms with E-state index in [1.165, 1.54) is 0 Å². The minimum Gasteiger partial charge on any atom is -0.402 e. The maximum absolute atomic E-state index is 5.62. The van der Waals surface area contributed by atoms with Crippen LogP contribution >= 0.6 is 0 Å². The van der Waals surface area contributed by atoms with Gasteiger partial charge >= 0.3 is 6.01 Å². The van der Waals surface area contributed by atoms with Crippen LogP contribution in [0.1, 0.15) is 0 Å². The predicted molar refractivity (Wildman–Crippen MR) is 62.6 cm³/mol. The van der Waals surface area contributed by atoms with Crippen molar-refractivity contribution >= 4 is 6.01 Å². The molecule has 17 heavy (non-hydrogen) atoms. The summed E-state index contributed by atoms with van der Waals surface area (Å²) in [6.07, 6.45) is 1.71. The van der Waals surface area contributed by atoms with E-state index in [-0.39, 0.29) is 0 Å². The molecule has 1 aliphatic rings. The molecule has 1 saturated heterocycles. The lowest BCUT2D eigenvalue weighted by molar-refractivity contribution is 0.504. The van der Waals surface area contributed by atoms with Gasteiger partial charge in [0.05, 0.1) is 0 Å². The van der Waals surface area contributed by atoms with Crippen molar-refractivity contribution in [2.75, 3.05) is 31.1 Å². The topological polar surface area (TPSA) is 67.1 Å². The van der Waals surface area contributed by atoms with E-state index in [4.69, 9.17) is 4.42 Å². The third-order valence-electron chi connectivity index (χ3n) is 2.69. The van der Waals surface area contributed by atoms with Gasteiger partial charge in [0.1, 0.15) is 5.69 Å². The van der Waals surface area contributed by atoms with Crippen molar-refractivity contribution in [1.82, 2.24) is 20.5 Å². The van der Waals surface area contributed by atoms with E-state index in [0.29, 0.717) is 17.6 Å². The number of piperazine rings is 1. The molecule has 0 radical (unpaired) electrons. The fourth-order valence-corrected chi connectivity index (χ4v) is 1.79. The highest BCUT2D eigenvalue weighted by Crippen LogP contribution is 2.19. The van der Waals surface area contributed by atoms with Crippen LogP contribution in [0.15, 0.2) is 28.8 Å². The van der Waals surface area contributed by atoms with Crippen molar-refractivity contribution in [3.8, 4) is 11.6 Å².